The number of carbonyl (C=O) groups is 1. The minimum atomic E-state index is -0.803. The third-order valence-electron chi connectivity index (χ3n) is 4.51. The summed E-state index contributed by atoms with van der Waals surface area (Å²) in [6.07, 6.45) is 1.54. The molecule has 0 saturated heterocycles. The highest BCUT2D eigenvalue weighted by atomic mass is 79.9. The number of esters is 1. The van der Waals surface area contributed by atoms with Gasteiger partial charge in [-0.15, -0.1) is 0 Å². The summed E-state index contributed by atoms with van der Waals surface area (Å²) in [7, 11) is 0. The van der Waals surface area contributed by atoms with Crippen LogP contribution < -0.4 is 10.9 Å². The third-order valence-corrected chi connectivity index (χ3v) is 5.51. The molecule has 2 N–H and O–H groups in total. The molecule has 2 rings (SSSR count). The lowest BCUT2D eigenvalue weighted by Crippen LogP contribution is -2.59. The highest BCUT2D eigenvalue weighted by molar-refractivity contribution is 9.18. The first-order chi connectivity index (χ1) is 11.5. The van der Waals surface area contributed by atoms with Crippen LogP contribution in [0.4, 0.5) is 0 Å². The Kier molecular flexibility index (Phi) is 5.80. The molecule has 1 aliphatic rings. The van der Waals surface area contributed by atoms with Crippen molar-refractivity contribution in [2.45, 2.75) is 45.2 Å². The van der Waals surface area contributed by atoms with Gasteiger partial charge in [0.05, 0.1) is 17.8 Å². The van der Waals surface area contributed by atoms with E-state index in [9.17, 15) is 9.59 Å². The molecule has 1 unspecified atom stereocenters. The van der Waals surface area contributed by atoms with E-state index in [0.717, 1.165) is 0 Å². The molecule has 0 radical (unpaired) electrons. The largest absolute Gasteiger partial charge is 0.462 e. The molecule has 0 spiro atoms. The molecule has 25 heavy (non-hydrogen) atoms. The molecule has 2 heterocycles. The quantitative estimate of drug-likeness (QED) is 0.395. The van der Waals surface area contributed by atoms with Crippen LogP contribution in [0.3, 0.4) is 0 Å². The minimum Gasteiger partial charge on any atom is -0.462 e. The van der Waals surface area contributed by atoms with Gasteiger partial charge in [0, 0.05) is 12.3 Å². The maximum Gasteiger partial charge on any atom is 0.343 e. The lowest BCUT2D eigenvalue weighted by molar-refractivity contribution is -0.0205. The van der Waals surface area contributed by atoms with E-state index in [1.807, 2.05) is 32.7 Å². The van der Waals surface area contributed by atoms with Gasteiger partial charge in [-0.25, -0.2) is 9.79 Å². The van der Waals surface area contributed by atoms with E-state index in [1.165, 1.54) is 6.07 Å². The van der Waals surface area contributed by atoms with Crippen molar-refractivity contribution in [2.24, 2.45) is 10.4 Å². The number of aromatic amines is 1. The van der Waals surface area contributed by atoms with Crippen LogP contribution in [0.2, 0.25) is 0 Å². The first-order valence-electron chi connectivity index (χ1n) is 7.86. The molecule has 0 amide bonds. The van der Waals surface area contributed by atoms with Gasteiger partial charge >= 0.3 is 5.97 Å². The number of pyridine rings is 1. The fourth-order valence-electron chi connectivity index (χ4n) is 2.78. The Hall–Kier alpha value is -1.19. The summed E-state index contributed by atoms with van der Waals surface area (Å²) in [5, 5.41) is 1.47. The van der Waals surface area contributed by atoms with E-state index >= 15 is 0 Å². The van der Waals surface area contributed by atoms with E-state index < -0.39 is 11.5 Å². The van der Waals surface area contributed by atoms with Crippen LogP contribution in [0.5, 0.6) is 0 Å². The van der Waals surface area contributed by atoms with Crippen LogP contribution in [-0.4, -0.2) is 32.4 Å². The molecule has 1 aromatic heterocycles. The Labute approximate surface area is 163 Å². The number of aliphatic imine (C=N–C) groups is 1. The molecule has 7 nitrogen and oxygen atoms in total. The molecule has 9 heteroatoms. The highest BCUT2D eigenvalue weighted by Gasteiger charge is 2.51. The van der Waals surface area contributed by atoms with Gasteiger partial charge in [-0.3, -0.25) is 10.2 Å². The zero-order valence-electron chi connectivity index (χ0n) is 14.8. The van der Waals surface area contributed by atoms with Crippen molar-refractivity contribution in [3.05, 3.63) is 33.7 Å². The number of nitrogens with zero attached hydrogens (tertiary/aromatic N) is 2. The summed E-state index contributed by atoms with van der Waals surface area (Å²) >= 11 is 6.86. The lowest BCUT2D eigenvalue weighted by Gasteiger charge is -2.49. The van der Waals surface area contributed by atoms with Crippen molar-refractivity contribution in [3.63, 3.8) is 0 Å². The first kappa shape index (κ1) is 20.1. The van der Waals surface area contributed by atoms with Gasteiger partial charge in [-0.1, -0.05) is 20.8 Å². The molecule has 138 valence electrons. The summed E-state index contributed by atoms with van der Waals surface area (Å²) < 4.78 is 5.68. The Morgan fingerprint density at radius 2 is 2.04 bits per heavy atom. The van der Waals surface area contributed by atoms with Gasteiger partial charge < -0.3 is 9.72 Å². The van der Waals surface area contributed by atoms with E-state index in [2.05, 4.69) is 47.3 Å². The number of hydrazine groups is 1. The Morgan fingerprint density at radius 3 is 2.52 bits per heavy atom. The molecule has 0 fully saturated rings. The van der Waals surface area contributed by atoms with Crippen LogP contribution in [0.25, 0.3) is 0 Å². The third kappa shape index (κ3) is 3.54. The molecule has 0 bridgehead atoms. The lowest BCUT2D eigenvalue weighted by atomic mass is 9.71. The van der Waals surface area contributed by atoms with E-state index in [1.54, 1.807) is 13.1 Å². The number of alkyl halides is 1. The second kappa shape index (κ2) is 7.20. The summed E-state index contributed by atoms with van der Waals surface area (Å²) in [6, 6.07) is 1.33. The number of nitrogens with one attached hydrogen (secondary N) is 2. The molecular formula is C16H22Br2N4O3. The Balaban J connectivity index is 2.71. The standard InChI is InChI=1S/C16H22Br2N4O3/c1-6-25-12(24)10-9(23)7-8-19-11(10)16(5,15(2,3)4)22-14(18)20-13(17)21-22/h7-8,14H,6H2,1-5H3,(H,19,23)(H,20,21)/t14?,16-/m0/s1. The van der Waals surface area contributed by atoms with Gasteiger partial charge in [0.2, 0.25) is 0 Å². The van der Waals surface area contributed by atoms with Gasteiger partial charge in [-0.2, -0.15) is 5.01 Å². The van der Waals surface area contributed by atoms with Gasteiger partial charge in [0.1, 0.15) is 5.56 Å². The second-order valence-corrected chi connectivity index (χ2v) is 8.42. The normalized spacial score (nSPS) is 20.6. The Morgan fingerprint density at radius 1 is 1.40 bits per heavy atom. The molecule has 0 saturated carbocycles. The van der Waals surface area contributed by atoms with Gasteiger partial charge in [0.25, 0.3) is 0 Å². The zero-order valence-corrected chi connectivity index (χ0v) is 18.0. The number of ether oxygens (including phenoxy) is 1. The van der Waals surface area contributed by atoms with E-state index in [4.69, 9.17) is 4.74 Å². The molecule has 0 aromatic carbocycles. The maximum atomic E-state index is 12.5. The zero-order chi connectivity index (χ0) is 19.0. The van der Waals surface area contributed by atoms with Crippen LogP contribution in [0.15, 0.2) is 22.1 Å². The number of hydrogen-bond acceptors (Lipinski definition) is 6. The van der Waals surface area contributed by atoms with Crippen molar-refractivity contribution in [1.82, 2.24) is 15.4 Å². The van der Waals surface area contributed by atoms with E-state index in [0.29, 0.717) is 10.4 Å². The summed E-state index contributed by atoms with van der Waals surface area (Å²) in [4.78, 5) is 32.4. The molecule has 1 aliphatic heterocycles. The van der Waals surface area contributed by atoms with Crippen LogP contribution in [0.1, 0.15) is 50.7 Å². The topological polar surface area (TPSA) is 86.8 Å². The predicted molar refractivity (Wildman–Crippen MR) is 104 cm³/mol. The molecule has 0 aliphatic carbocycles. The summed E-state index contributed by atoms with van der Waals surface area (Å²) in [6.45, 7) is 9.93. The monoisotopic (exact) mass is 476 g/mol. The van der Waals surface area contributed by atoms with Gasteiger partial charge in [-0.05, 0) is 51.1 Å². The fraction of sp³-hybridized carbons (Fsp3) is 0.562. The number of rotatable bonds is 4. The average molecular weight is 478 g/mol. The summed E-state index contributed by atoms with van der Waals surface area (Å²) in [5.74, 6) is -0.639. The van der Waals surface area contributed by atoms with Crippen molar-refractivity contribution < 1.29 is 9.53 Å². The fourth-order valence-corrected chi connectivity index (χ4v) is 4.16. The predicted octanol–water partition coefficient (Wildman–Crippen LogP) is 3.06. The molecular weight excluding hydrogens is 456 g/mol. The number of halogens is 2. The SMILES string of the molecule is CCOC(=O)c1c([C@](C)(N2NC(Br)=NC2Br)C(C)(C)C)[nH]ccc1=O. The number of carbonyl (C=O) groups excluding carboxylic acids is 1. The summed E-state index contributed by atoms with van der Waals surface area (Å²) in [5.41, 5.74) is 2.06. The van der Waals surface area contributed by atoms with Crippen LogP contribution in [0, 0.1) is 5.41 Å². The number of aromatic nitrogens is 1. The number of hydrogen-bond donors (Lipinski definition) is 2. The second-order valence-electron chi connectivity index (χ2n) is 6.85. The Bertz CT molecular complexity index is 756. The van der Waals surface area contributed by atoms with Crippen molar-refractivity contribution in [3.8, 4) is 0 Å². The highest BCUT2D eigenvalue weighted by Crippen LogP contribution is 2.46. The van der Waals surface area contributed by atoms with Gasteiger partial charge in [0.15, 0.2) is 15.2 Å². The van der Waals surface area contributed by atoms with Crippen molar-refractivity contribution in [1.29, 1.82) is 0 Å². The number of H-pyrrole nitrogens is 1. The minimum absolute atomic E-state index is 0.00583. The van der Waals surface area contributed by atoms with E-state index in [-0.39, 0.29) is 28.1 Å². The molecule has 2 atom stereocenters. The molecule has 1 aromatic rings. The average Bonchev–Trinajstić information content (AvgIpc) is 2.84. The van der Waals surface area contributed by atoms with Crippen molar-refractivity contribution >= 4 is 42.6 Å². The number of amidine groups is 1. The smallest absolute Gasteiger partial charge is 0.343 e. The van der Waals surface area contributed by atoms with Crippen LogP contribution in [-0.2, 0) is 10.3 Å². The van der Waals surface area contributed by atoms with Crippen LogP contribution >= 0.6 is 31.9 Å². The maximum absolute atomic E-state index is 12.5. The first-order valence-corrected chi connectivity index (χ1v) is 9.57. The van der Waals surface area contributed by atoms with Crippen molar-refractivity contribution in [2.75, 3.05) is 6.61 Å².